The van der Waals surface area contributed by atoms with Crippen LogP contribution in [0.2, 0.25) is 0 Å². The fraction of sp³-hybridized carbons (Fsp3) is 0.462. The van der Waals surface area contributed by atoms with Gasteiger partial charge in [-0.3, -0.25) is 4.79 Å². The number of esters is 1. The average molecular weight is 285 g/mol. The summed E-state index contributed by atoms with van der Waals surface area (Å²) in [5, 5.41) is 0. The summed E-state index contributed by atoms with van der Waals surface area (Å²) in [6.45, 7) is 4.31. The average Bonchev–Trinajstić information content (AvgIpc) is 2.28. The van der Waals surface area contributed by atoms with Crippen molar-refractivity contribution in [2.45, 2.75) is 31.0 Å². The summed E-state index contributed by atoms with van der Waals surface area (Å²) in [7, 11) is 1.41. The van der Waals surface area contributed by atoms with Crippen molar-refractivity contribution in [2.75, 3.05) is 7.11 Å². The Morgan fingerprint density at radius 1 is 1.38 bits per heavy atom. The molecule has 0 spiro atoms. The first-order valence-electron chi connectivity index (χ1n) is 5.36. The van der Waals surface area contributed by atoms with Crippen LogP contribution in [-0.2, 0) is 16.0 Å². The molecule has 2 nitrogen and oxygen atoms in total. The lowest BCUT2D eigenvalue weighted by atomic mass is 9.94. The van der Waals surface area contributed by atoms with Crippen molar-refractivity contribution in [3.05, 3.63) is 35.4 Å². The third kappa shape index (κ3) is 3.34. The molecule has 16 heavy (non-hydrogen) atoms. The first-order chi connectivity index (χ1) is 7.56. The number of alkyl halides is 1. The van der Waals surface area contributed by atoms with E-state index in [0.717, 1.165) is 0 Å². The highest BCUT2D eigenvalue weighted by Gasteiger charge is 2.17. The second-order valence-electron chi connectivity index (χ2n) is 4.05. The topological polar surface area (TPSA) is 26.3 Å². The minimum absolute atomic E-state index is 0.224. The van der Waals surface area contributed by atoms with Gasteiger partial charge in [-0.2, -0.15) is 0 Å². The minimum Gasteiger partial charge on any atom is -0.468 e. The second-order valence-corrected chi connectivity index (χ2v) is 5.15. The van der Waals surface area contributed by atoms with Crippen LogP contribution in [0.25, 0.3) is 0 Å². The van der Waals surface area contributed by atoms with Crippen LogP contribution in [0.4, 0.5) is 0 Å². The molecule has 0 N–H and O–H groups in total. The molecule has 0 fully saturated rings. The van der Waals surface area contributed by atoms with Crippen LogP contribution >= 0.6 is 15.9 Å². The van der Waals surface area contributed by atoms with Crippen LogP contribution in [0.1, 0.15) is 30.9 Å². The summed E-state index contributed by atoms with van der Waals surface area (Å²) in [5.41, 5.74) is 2.49. The van der Waals surface area contributed by atoms with Crippen molar-refractivity contribution < 1.29 is 9.53 Å². The van der Waals surface area contributed by atoms with Crippen LogP contribution < -0.4 is 0 Å². The number of carbonyl (C=O) groups excluding carboxylic acids is 1. The highest BCUT2D eigenvalue weighted by Crippen LogP contribution is 2.22. The Labute approximate surface area is 105 Å². The van der Waals surface area contributed by atoms with Crippen molar-refractivity contribution in [1.82, 2.24) is 0 Å². The van der Waals surface area contributed by atoms with Crippen molar-refractivity contribution in [3.8, 4) is 0 Å². The quantitative estimate of drug-likeness (QED) is 0.627. The van der Waals surface area contributed by atoms with Gasteiger partial charge in [0.25, 0.3) is 0 Å². The third-order valence-electron chi connectivity index (χ3n) is 2.53. The predicted molar refractivity (Wildman–Crippen MR) is 69.0 cm³/mol. The van der Waals surface area contributed by atoms with E-state index in [4.69, 9.17) is 4.74 Å². The molecule has 0 bridgehead atoms. The van der Waals surface area contributed by atoms with Crippen LogP contribution in [0.3, 0.4) is 0 Å². The molecule has 88 valence electrons. The molecule has 0 radical (unpaired) electrons. The minimum atomic E-state index is -0.266. The van der Waals surface area contributed by atoms with Crippen molar-refractivity contribution in [2.24, 2.45) is 0 Å². The molecule has 0 saturated heterocycles. The van der Waals surface area contributed by atoms with E-state index in [0.29, 0.717) is 12.3 Å². The molecule has 0 aliphatic rings. The van der Waals surface area contributed by atoms with Crippen molar-refractivity contribution >= 4 is 21.9 Å². The normalized spacial score (nSPS) is 12.6. The fourth-order valence-corrected chi connectivity index (χ4v) is 2.22. The molecule has 0 heterocycles. The molecule has 0 aromatic heterocycles. The number of rotatable bonds is 4. The number of benzene rings is 1. The number of methoxy groups -OCH3 is 1. The lowest BCUT2D eigenvalue weighted by Gasteiger charge is -2.14. The zero-order chi connectivity index (χ0) is 12.1. The van der Waals surface area contributed by atoms with E-state index in [-0.39, 0.29) is 10.8 Å². The van der Waals surface area contributed by atoms with E-state index >= 15 is 0 Å². The largest absolute Gasteiger partial charge is 0.468 e. The maximum absolute atomic E-state index is 11.3. The molecule has 0 saturated carbocycles. The van der Waals surface area contributed by atoms with Gasteiger partial charge in [-0.15, -0.1) is 0 Å². The monoisotopic (exact) mass is 284 g/mol. The van der Waals surface area contributed by atoms with Gasteiger partial charge in [0, 0.05) is 0 Å². The summed E-state index contributed by atoms with van der Waals surface area (Å²) >= 11 is 3.35. The van der Waals surface area contributed by atoms with Crippen LogP contribution in [0.5, 0.6) is 0 Å². The molecule has 1 aromatic rings. The fourth-order valence-electron chi connectivity index (χ4n) is 1.69. The van der Waals surface area contributed by atoms with Gasteiger partial charge in [0.1, 0.15) is 4.83 Å². The zero-order valence-electron chi connectivity index (χ0n) is 9.87. The van der Waals surface area contributed by atoms with Gasteiger partial charge in [0.15, 0.2) is 0 Å². The predicted octanol–water partition coefficient (Wildman–Crippen LogP) is 3.29. The van der Waals surface area contributed by atoms with E-state index in [9.17, 15) is 4.79 Å². The maximum Gasteiger partial charge on any atom is 0.319 e. The SMILES string of the molecule is COC(=O)C(Br)Cc1ccccc1C(C)C. The lowest BCUT2D eigenvalue weighted by Crippen LogP contribution is -2.18. The Morgan fingerprint density at radius 3 is 2.56 bits per heavy atom. The maximum atomic E-state index is 11.3. The summed E-state index contributed by atoms with van der Waals surface area (Å²) in [5.74, 6) is 0.243. The number of hydrogen-bond acceptors (Lipinski definition) is 2. The van der Waals surface area contributed by atoms with Gasteiger partial charge in [0.05, 0.1) is 7.11 Å². The first-order valence-corrected chi connectivity index (χ1v) is 6.27. The van der Waals surface area contributed by atoms with Gasteiger partial charge in [0.2, 0.25) is 0 Å². The standard InChI is InChI=1S/C13H17BrO2/c1-9(2)11-7-5-4-6-10(11)8-12(14)13(15)16-3/h4-7,9,12H,8H2,1-3H3. The molecule has 1 rings (SSSR count). The Morgan fingerprint density at radius 2 is 2.00 bits per heavy atom. The number of carbonyl (C=O) groups is 1. The molecule has 0 aliphatic carbocycles. The van der Waals surface area contributed by atoms with E-state index < -0.39 is 0 Å². The van der Waals surface area contributed by atoms with E-state index in [1.165, 1.54) is 18.2 Å². The Hall–Kier alpha value is -0.830. The smallest absolute Gasteiger partial charge is 0.319 e. The van der Waals surface area contributed by atoms with Crippen LogP contribution in [-0.4, -0.2) is 17.9 Å². The third-order valence-corrected chi connectivity index (χ3v) is 3.23. The number of halogens is 1. The van der Waals surface area contributed by atoms with Gasteiger partial charge >= 0.3 is 5.97 Å². The molecule has 1 unspecified atom stereocenters. The molecule has 1 aromatic carbocycles. The Kier molecular flexibility index (Phi) is 5.00. The van der Waals surface area contributed by atoms with Crippen molar-refractivity contribution in [3.63, 3.8) is 0 Å². The molecule has 0 amide bonds. The van der Waals surface area contributed by atoms with Crippen molar-refractivity contribution in [1.29, 1.82) is 0 Å². The Balaban J connectivity index is 2.84. The lowest BCUT2D eigenvalue weighted by molar-refractivity contribution is -0.139. The van der Waals surface area contributed by atoms with Crippen LogP contribution in [0, 0.1) is 0 Å². The van der Waals surface area contributed by atoms with Gasteiger partial charge < -0.3 is 4.74 Å². The molecule has 0 aliphatic heterocycles. The van der Waals surface area contributed by atoms with E-state index in [2.05, 4.69) is 41.9 Å². The highest BCUT2D eigenvalue weighted by molar-refractivity contribution is 9.10. The summed E-state index contributed by atoms with van der Waals surface area (Å²) in [6.07, 6.45) is 0.668. The van der Waals surface area contributed by atoms with Gasteiger partial charge in [-0.25, -0.2) is 0 Å². The second kappa shape index (κ2) is 6.04. The summed E-state index contributed by atoms with van der Waals surface area (Å²) in [6, 6.07) is 8.20. The number of hydrogen-bond donors (Lipinski definition) is 0. The van der Waals surface area contributed by atoms with E-state index in [1.807, 2.05) is 12.1 Å². The summed E-state index contributed by atoms with van der Waals surface area (Å²) in [4.78, 5) is 11.1. The van der Waals surface area contributed by atoms with Gasteiger partial charge in [-0.1, -0.05) is 54.0 Å². The molecular formula is C13H17BrO2. The number of ether oxygens (including phenoxy) is 1. The Bertz CT molecular complexity index is 361. The molecular weight excluding hydrogens is 268 g/mol. The first kappa shape index (κ1) is 13.2. The van der Waals surface area contributed by atoms with Gasteiger partial charge in [-0.05, 0) is 23.5 Å². The zero-order valence-corrected chi connectivity index (χ0v) is 11.5. The molecule has 3 heteroatoms. The van der Waals surface area contributed by atoms with E-state index in [1.54, 1.807) is 0 Å². The summed E-state index contributed by atoms with van der Waals surface area (Å²) < 4.78 is 4.70. The van der Waals surface area contributed by atoms with Crippen LogP contribution in [0.15, 0.2) is 24.3 Å². The highest BCUT2D eigenvalue weighted by atomic mass is 79.9. The molecule has 1 atom stereocenters.